The molecule has 0 bridgehead atoms. The monoisotopic (exact) mass is 376 g/mol. The number of benzene rings is 1. The number of alkyl halides is 3. The highest BCUT2D eigenvalue weighted by molar-refractivity contribution is 5.58. The normalized spacial score (nSPS) is 12.4. The number of rotatable bonds is 1. The van der Waals surface area contributed by atoms with Gasteiger partial charge in [-0.15, -0.1) is 0 Å². The van der Waals surface area contributed by atoms with E-state index in [2.05, 4.69) is 21.8 Å². The number of anilines is 2. The summed E-state index contributed by atoms with van der Waals surface area (Å²) in [5.74, 6) is 6.37. The molecule has 0 aliphatic heterocycles. The zero-order valence-electron chi connectivity index (χ0n) is 16.0. The predicted octanol–water partition coefficient (Wildman–Crippen LogP) is 4.29. The molecule has 2 aromatic rings. The number of nitrogens with zero attached hydrogens (tertiary/aromatic N) is 2. The van der Waals surface area contributed by atoms with Crippen molar-refractivity contribution in [2.75, 3.05) is 11.5 Å². The Balaban J connectivity index is 2.48. The lowest BCUT2D eigenvalue weighted by atomic mass is 9.84. The number of hydrogen-bond donors (Lipinski definition) is 2. The van der Waals surface area contributed by atoms with Crippen LogP contribution in [0.1, 0.15) is 57.0 Å². The zero-order valence-corrected chi connectivity index (χ0v) is 16.0. The van der Waals surface area contributed by atoms with Crippen molar-refractivity contribution in [1.82, 2.24) is 9.97 Å². The van der Waals surface area contributed by atoms with Gasteiger partial charge < -0.3 is 11.5 Å². The van der Waals surface area contributed by atoms with Gasteiger partial charge in [0.25, 0.3) is 0 Å². The quantitative estimate of drug-likeness (QED) is 0.728. The molecular weight excluding hydrogens is 353 g/mol. The second-order valence-corrected chi connectivity index (χ2v) is 7.89. The van der Waals surface area contributed by atoms with E-state index in [4.69, 9.17) is 11.5 Å². The third kappa shape index (κ3) is 4.70. The second kappa shape index (κ2) is 6.76. The first-order valence-electron chi connectivity index (χ1n) is 8.36. The fourth-order valence-electron chi connectivity index (χ4n) is 2.53. The molecule has 0 radical (unpaired) electrons. The van der Waals surface area contributed by atoms with Crippen LogP contribution >= 0.6 is 0 Å². The minimum absolute atomic E-state index is 0.0741. The second-order valence-electron chi connectivity index (χ2n) is 7.89. The molecule has 7 heteroatoms. The minimum Gasteiger partial charge on any atom is -0.382 e. The van der Waals surface area contributed by atoms with Gasteiger partial charge in [0.15, 0.2) is 0 Å². The third-order valence-corrected chi connectivity index (χ3v) is 4.10. The molecule has 0 unspecified atom stereocenters. The van der Waals surface area contributed by atoms with Gasteiger partial charge in [-0.1, -0.05) is 44.7 Å². The van der Waals surface area contributed by atoms with Crippen molar-refractivity contribution >= 4 is 11.8 Å². The van der Waals surface area contributed by atoms with E-state index in [0.29, 0.717) is 16.8 Å². The molecule has 1 aromatic carbocycles. The van der Waals surface area contributed by atoms with Crippen LogP contribution in [0.5, 0.6) is 0 Å². The SMILES string of the molecule is CC(C)(C)c1nc(N)nc(N)c1C#CC(C)(C)c1ccc(C(F)(F)F)cc1. The molecule has 0 fully saturated rings. The van der Waals surface area contributed by atoms with Crippen LogP contribution in [-0.4, -0.2) is 9.97 Å². The number of nitrogen functional groups attached to an aromatic ring is 2. The topological polar surface area (TPSA) is 77.8 Å². The highest BCUT2D eigenvalue weighted by atomic mass is 19.4. The van der Waals surface area contributed by atoms with Crippen LogP contribution in [0.15, 0.2) is 24.3 Å². The number of halogens is 3. The van der Waals surface area contributed by atoms with E-state index in [-0.39, 0.29) is 17.2 Å². The average molecular weight is 376 g/mol. The van der Waals surface area contributed by atoms with Gasteiger partial charge >= 0.3 is 6.18 Å². The minimum atomic E-state index is -4.37. The Morgan fingerprint density at radius 3 is 1.85 bits per heavy atom. The smallest absolute Gasteiger partial charge is 0.382 e. The summed E-state index contributed by atoms with van der Waals surface area (Å²) >= 11 is 0. The van der Waals surface area contributed by atoms with E-state index in [1.54, 1.807) is 0 Å². The molecule has 0 saturated heterocycles. The molecule has 0 aliphatic rings. The summed E-state index contributed by atoms with van der Waals surface area (Å²) in [6.45, 7) is 9.53. The van der Waals surface area contributed by atoms with Crippen molar-refractivity contribution in [2.45, 2.75) is 51.6 Å². The lowest BCUT2D eigenvalue weighted by Crippen LogP contribution is -2.20. The number of nitrogens with two attached hydrogens (primary N) is 2. The van der Waals surface area contributed by atoms with Crippen LogP contribution in [-0.2, 0) is 17.0 Å². The van der Waals surface area contributed by atoms with E-state index in [0.717, 1.165) is 12.1 Å². The van der Waals surface area contributed by atoms with Crippen molar-refractivity contribution < 1.29 is 13.2 Å². The molecule has 2 rings (SSSR count). The van der Waals surface area contributed by atoms with Gasteiger partial charge in [0, 0.05) is 5.41 Å². The molecule has 144 valence electrons. The maximum absolute atomic E-state index is 12.8. The van der Waals surface area contributed by atoms with Gasteiger partial charge in [-0.05, 0) is 31.5 Å². The highest BCUT2D eigenvalue weighted by Crippen LogP contribution is 2.32. The van der Waals surface area contributed by atoms with Gasteiger partial charge in [0.1, 0.15) is 5.82 Å². The first-order valence-corrected chi connectivity index (χ1v) is 8.36. The number of hydrogen-bond acceptors (Lipinski definition) is 4. The largest absolute Gasteiger partial charge is 0.416 e. The summed E-state index contributed by atoms with van der Waals surface area (Å²) in [4.78, 5) is 8.25. The van der Waals surface area contributed by atoms with E-state index in [9.17, 15) is 13.2 Å². The Hall–Kier alpha value is -2.75. The van der Waals surface area contributed by atoms with E-state index < -0.39 is 17.2 Å². The van der Waals surface area contributed by atoms with Gasteiger partial charge in [0.05, 0.1) is 22.2 Å². The fourth-order valence-corrected chi connectivity index (χ4v) is 2.53. The molecule has 4 N–H and O–H groups in total. The summed E-state index contributed by atoms with van der Waals surface area (Å²) in [5.41, 5.74) is 11.7. The van der Waals surface area contributed by atoms with E-state index in [1.807, 2.05) is 34.6 Å². The molecular formula is C20H23F3N4. The third-order valence-electron chi connectivity index (χ3n) is 4.10. The highest BCUT2D eigenvalue weighted by Gasteiger charge is 2.31. The molecule has 0 saturated carbocycles. The summed E-state index contributed by atoms with van der Waals surface area (Å²) in [6.07, 6.45) is -4.37. The first kappa shape index (κ1) is 20.6. The lowest BCUT2D eigenvalue weighted by molar-refractivity contribution is -0.137. The van der Waals surface area contributed by atoms with Gasteiger partial charge in [-0.3, -0.25) is 0 Å². The lowest BCUT2D eigenvalue weighted by Gasteiger charge is -2.21. The molecule has 1 aromatic heterocycles. The van der Waals surface area contributed by atoms with Crippen molar-refractivity contribution in [3.63, 3.8) is 0 Å². The van der Waals surface area contributed by atoms with Crippen molar-refractivity contribution in [1.29, 1.82) is 0 Å². The Morgan fingerprint density at radius 2 is 1.37 bits per heavy atom. The first-order chi connectivity index (χ1) is 12.2. The van der Waals surface area contributed by atoms with Crippen molar-refractivity contribution in [2.24, 2.45) is 0 Å². The molecule has 0 aliphatic carbocycles. The van der Waals surface area contributed by atoms with Crippen LogP contribution in [0.25, 0.3) is 0 Å². The van der Waals surface area contributed by atoms with Crippen molar-refractivity contribution in [3.05, 3.63) is 46.6 Å². The Kier molecular flexibility index (Phi) is 5.15. The molecule has 4 nitrogen and oxygen atoms in total. The van der Waals surface area contributed by atoms with E-state index in [1.165, 1.54) is 12.1 Å². The zero-order chi connectivity index (χ0) is 20.6. The summed E-state index contributed by atoms with van der Waals surface area (Å²) in [6, 6.07) is 4.98. The molecule has 0 spiro atoms. The summed E-state index contributed by atoms with van der Waals surface area (Å²) < 4.78 is 38.3. The standard InChI is InChI=1S/C20H23F3N4/c1-18(2,3)15-14(16(24)27-17(25)26-15)10-11-19(4,5)12-6-8-13(9-7-12)20(21,22)23/h6-9H,1-5H3,(H4,24,25,26,27). The molecule has 0 amide bonds. The van der Waals surface area contributed by atoms with E-state index >= 15 is 0 Å². The number of aromatic nitrogens is 2. The van der Waals surface area contributed by atoms with Crippen LogP contribution in [0.4, 0.5) is 24.9 Å². The Labute approximate surface area is 157 Å². The molecule has 27 heavy (non-hydrogen) atoms. The maximum Gasteiger partial charge on any atom is 0.416 e. The van der Waals surface area contributed by atoms with Gasteiger partial charge in [-0.25, -0.2) is 4.98 Å². The Morgan fingerprint density at radius 1 is 0.852 bits per heavy atom. The van der Waals surface area contributed by atoms with Crippen LogP contribution < -0.4 is 11.5 Å². The molecule has 1 heterocycles. The van der Waals surface area contributed by atoms with Gasteiger partial charge in [-0.2, -0.15) is 18.2 Å². The van der Waals surface area contributed by atoms with Crippen molar-refractivity contribution in [3.8, 4) is 11.8 Å². The molecule has 0 atom stereocenters. The Bertz CT molecular complexity index is 896. The maximum atomic E-state index is 12.8. The van der Waals surface area contributed by atoms with Gasteiger partial charge in [0.2, 0.25) is 5.95 Å². The fraction of sp³-hybridized carbons (Fsp3) is 0.400. The van der Waals surface area contributed by atoms with Crippen LogP contribution in [0.2, 0.25) is 0 Å². The van der Waals surface area contributed by atoms with Crippen LogP contribution in [0.3, 0.4) is 0 Å². The summed E-state index contributed by atoms with van der Waals surface area (Å²) in [7, 11) is 0. The summed E-state index contributed by atoms with van der Waals surface area (Å²) in [5, 5.41) is 0. The predicted molar refractivity (Wildman–Crippen MR) is 101 cm³/mol. The average Bonchev–Trinajstić information content (AvgIpc) is 2.51. The van der Waals surface area contributed by atoms with Crippen LogP contribution in [0, 0.1) is 11.8 Å².